The number of alkyl halides is 1. The van der Waals surface area contributed by atoms with Gasteiger partial charge >= 0.3 is 6.09 Å². The molecule has 0 bridgehead atoms. The lowest BCUT2D eigenvalue weighted by atomic mass is 9.96. The minimum absolute atomic E-state index is 0.0460. The standard InChI is InChI=1S/C18H26FNO5S/c1-13-5-7-15(8-6-13)26(22,23)24-12-14-9-10-20(11-16(14)19)17(21)25-18(2,3)4/h5-8,14,16H,9-12H2,1-4H3/t14-,16-/m0/s1. The number of halogens is 1. The predicted octanol–water partition coefficient (Wildman–Crippen LogP) is 3.30. The molecule has 1 saturated heterocycles. The molecule has 1 heterocycles. The summed E-state index contributed by atoms with van der Waals surface area (Å²) in [7, 11) is -3.93. The van der Waals surface area contributed by atoms with Crippen LogP contribution in [0, 0.1) is 12.8 Å². The van der Waals surface area contributed by atoms with E-state index in [2.05, 4.69) is 0 Å². The maximum atomic E-state index is 14.4. The first-order valence-electron chi connectivity index (χ1n) is 8.56. The number of aryl methyl sites for hydroxylation is 1. The van der Waals surface area contributed by atoms with Crippen LogP contribution in [-0.2, 0) is 19.0 Å². The molecular weight excluding hydrogens is 361 g/mol. The molecule has 2 atom stereocenters. The molecule has 1 aromatic carbocycles. The number of piperidine rings is 1. The van der Waals surface area contributed by atoms with Gasteiger partial charge in [-0.15, -0.1) is 0 Å². The third kappa shape index (κ3) is 5.67. The summed E-state index contributed by atoms with van der Waals surface area (Å²) in [6.07, 6.45) is -1.62. The van der Waals surface area contributed by atoms with Gasteiger partial charge in [0.25, 0.3) is 10.1 Å². The molecule has 0 aromatic heterocycles. The van der Waals surface area contributed by atoms with Crippen LogP contribution in [0.5, 0.6) is 0 Å². The first-order valence-corrected chi connectivity index (χ1v) is 9.97. The van der Waals surface area contributed by atoms with Crippen molar-refractivity contribution in [1.82, 2.24) is 4.90 Å². The fraction of sp³-hybridized carbons (Fsp3) is 0.611. The maximum absolute atomic E-state index is 14.4. The van der Waals surface area contributed by atoms with Gasteiger partial charge < -0.3 is 9.64 Å². The molecule has 0 spiro atoms. The summed E-state index contributed by atoms with van der Waals surface area (Å²) in [5, 5.41) is 0. The summed E-state index contributed by atoms with van der Waals surface area (Å²) in [5.74, 6) is -0.589. The molecule has 0 unspecified atom stereocenters. The Kier molecular flexibility index (Phi) is 6.29. The van der Waals surface area contributed by atoms with Gasteiger partial charge in [0.2, 0.25) is 0 Å². The largest absolute Gasteiger partial charge is 0.444 e. The first kappa shape index (κ1) is 20.6. The summed E-state index contributed by atoms with van der Waals surface area (Å²) in [6.45, 7) is 7.00. The summed E-state index contributed by atoms with van der Waals surface area (Å²) in [5.41, 5.74) is 0.285. The van der Waals surface area contributed by atoms with E-state index in [1.807, 2.05) is 6.92 Å². The van der Waals surface area contributed by atoms with Crippen molar-refractivity contribution < 1.29 is 26.5 Å². The molecule has 146 valence electrons. The number of rotatable bonds is 4. The van der Waals surface area contributed by atoms with E-state index in [0.717, 1.165) is 5.56 Å². The second-order valence-corrected chi connectivity index (χ2v) is 9.16. The Morgan fingerprint density at radius 3 is 2.42 bits per heavy atom. The van der Waals surface area contributed by atoms with E-state index >= 15 is 0 Å². The fourth-order valence-electron chi connectivity index (χ4n) is 2.58. The average molecular weight is 387 g/mol. The zero-order chi connectivity index (χ0) is 19.5. The Bertz CT molecular complexity index is 727. The number of amides is 1. The van der Waals surface area contributed by atoms with Gasteiger partial charge in [0, 0.05) is 12.5 Å². The van der Waals surface area contributed by atoms with Crippen molar-refractivity contribution in [3.63, 3.8) is 0 Å². The normalized spacial score (nSPS) is 21.5. The molecule has 0 N–H and O–H groups in total. The van der Waals surface area contributed by atoms with E-state index in [0.29, 0.717) is 13.0 Å². The number of nitrogens with zero attached hydrogens (tertiary/aromatic N) is 1. The highest BCUT2D eigenvalue weighted by atomic mass is 32.2. The van der Waals surface area contributed by atoms with E-state index in [-0.39, 0.29) is 18.0 Å². The van der Waals surface area contributed by atoms with Crippen molar-refractivity contribution in [3.8, 4) is 0 Å². The van der Waals surface area contributed by atoms with Gasteiger partial charge in [0.1, 0.15) is 11.8 Å². The Hall–Kier alpha value is -1.67. The highest BCUT2D eigenvalue weighted by Gasteiger charge is 2.34. The van der Waals surface area contributed by atoms with Crippen LogP contribution >= 0.6 is 0 Å². The molecule has 0 saturated carbocycles. The van der Waals surface area contributed by atoms with Gasteiger partial charge in [-0.05, 0) is 46.2 Å². The number of hydrogen-bond acceptors (Lipinski definition) is 5. The van der Waals surface area contributed by atoms with Crippen molar-refractivity contribution >= 4 is 16.2 Å². The molecule has 1 aliphatic heterocycles. The topological polar surface area (TPSA) is 72.9 Å². The molecule has 2 rings (SSSR count). The quantitative estimate of drug-likeness (QED) is 0.741. The number of carbonyl (C=O) groups is 1. The highest BCUT2D eigenvalue weighted by molar-refractivity contribution is 7.86. The lowest BCUT2D eigenvalue weighted by molar-refractivity contribution is 0.000655. The van der Waals surface area contributed by atoms with Gasteiger partial charge in [-0.3, -0.25) is 4.18 Å². The number of benzene rings is 1. The average Bonchev–Trinajstić information content (AvgIpc) is 2.52. The van der Waals surface area contributed by atoms with Gasteiger partial charge in [0.15, 0.2) is 0 Å². The molecule has 1 amide bonds. The number of hydrogen-bond donors (Lipinski definition) is 0. The molecule has 0 aliphatic carbocycles. The summed E-state index contributed by atoms with van der Waals surface area (Å²) < 4.78 is 49.1. The van der Waals surface area contributed by atoms with E-state index in [1.54, 1.807) is 32.9 Å². The van der Waals surface area contributed by atoms with Crippen molar-refractivity contribution in [2.75, 3.05) is 19.7 Å². The van der Waals surface area contributed by atoms with Crippen LogP contribution in [0.25, 0.3) is 0 Å². The molecule has 1 aliphatic rings. The lowest BCUT2D eigenvalue weighted by Gasteiger charge is -2.35. The molecule has 1 fully saturated rings. The van der Waals surface area contributed by atoms with Gasteiger partial charge in [-0.25, -0.2) is 9.18 Å². The zero-order valence-electron chi connectivity index (χ0n) is 15.6. The Morgan fingerprint density at radius 1 is 1.27 bits per heavy atom. The maximum Gasteiger partial charge on any atom is 0.410 e. The highest BCUT2D eigenvalue weighted by Crippen LogP contribution is 2.24. The van der Waals surface area contributed by atoms with Crippen molar-refractivity contribution in [2.24, 2.45) is 5.92 Å². The second kappa shape index (κ2) is 7.92. The van der Waals surface area contributed by atoms with Gasteiger partial charge in [-0.1, -0.05) is 17.7 Å². The SMILES string of the molecule is Cc1ccc(S(=O)(=O)OC[C@@H]2CCN(C(=O)OC(C)(C)C)C[C@@H]2F)cc1. The van der Waals surface area contributed by atoms with Gasteiger partial charge in [-0.2, -0.15) is 8.42 Å². The first-order chi connectivity index (χ1) is 12.0. The van der Waals surface area contributed by atoms with E-state index < -0.39 is 33.9 Å². The third-order valence-corrected chi connectivity index (χ3v) is 5.37. The van der Waals surface area contributed by atoms with Crippen LogP contribution in [-0.4, -0.2) is 50.9 Å². The molecule has 8 heteroatoms. The third-order valence-electron chi connectivity index (χ3n) is 4.07. The Morgan fingerprint density at radius 2 is 1.88 bits per heavy atom. The molecule has 6 nitrogen and oxygen atoms in total. The number of carbonyl (C=O) groups excluding carboxylic acids is 1. The van der Waals surface area contributed by atoms with Gasteiger partial charge in [0.05, 0.1) is 18.0 Å². The summed E-state index contributed by atoms with van der Waals surface area (Å²) >= 11 is 0. The Labute approximate surface area is 154 Å². The van der Waals surface area contributed by atoms with E-state index in [9.17, 15) is 17.6 Å². The lowest BCUT2D eigenvalue weighted by Crippen LogP contribution is -2.47. The fourth-order valence-corrected chi connectivity index (χ4v) is 3.54. The second-order valence-electron chi connectivity index (χ2n) is 7.54. The summed E-state index contributed by atoms with van der Waals surface area (Å²) in [4.78, 5) is 13.4. The van der Waals surface area contributed by atoms with Crippen LogP contribution in [0.1, 0.15) is 32.8 Å². The summed E-state index contributed by atoms with van der Waals surface area (Å²) in [6, 6.07) is 6.27. The predicted molar refractivity (Wildman–Crippen MR) is 95.1 cm³/mol. The van der Waals surface area contributed by atoms with Crippen LogP contribution in [0.15, 0.2) is 29.2 Å². The Balaban J connectivity index is 1.90. The minimum Gasteiger partial charge on any atom is -0.444 e. The van der Waals surface area contributed by atoms with E-state index in [1.165, 1.54) is 17.0 Å². The van der Waals surface area contributed by atoms with Crippen LogP contribution < -0.4 is 0 Å². The monoisotopic (exact) mass is 387 g/mol. The smallest absolute Gasteiger partial charge is 0.410 e. The number of ether oxygens (including phenoxy) is 1. The van der Waals surface area contributed by atoms with Crippen molar-refractivity contribution in [3.05, 3.63) is 29.8 Å². The van der Waals surface area contributed by atoms with E-state index in [4.69, 9.17) is 8.92 Å². The molecule has 0 radical (unpaired) electrons. The molecule has 26 heavy (non-hydrogen) atoms. The van der Waals surface area contributed by atoms with Crippen LogP contribution in [0.2, 0.25) is 0 Å². The molecule has 1 aromatic rings. The zero-order valence-corrected chi connectivity index (χ0v) is 16.4. The minimum atomic E-state index is -3.93. The molecular formula is C18H26FNO5S. The van der Waals surface area contributed by atoms with Crippen molar-refractivity contribution in [2.45, 2.75) is 50.8 Å². The van der Waals surface area contributed by atoms with Crippen molar-refractivity contribution in [1.29, 1.82) is 0 Å². The van der Waals surface area contributed by atoms with Crippen LogP contribution in [0.3, 0.4) is 0 Å². The number of likely N-dealkylation sites (tertiary alicyclic amines) is 1. The van der Waals surface area contributed by atoms with Crippen LogP contribution in [0.4, 0.5) is 9.18 Å².